The fourth-order valence-corrected chi connectivity index (χ4v) is 1.06. The summed E-state index contributed by atoms with van der Waals surface area (Å²) in [7, 11) is 1.77. The number of carbonyl (C=O) groups excluding carboxylic acids is 1. The van der Waals surface area contributed by atoms with Crippen molar-refractivity contribution in [2.24, 2.45) is 11.3 Å². The molecule has 1 fully saturated rings. The van der Waals surface area contributed by atoms with Gasteiger partial charge in [0.1, 0.15) is 6.29 Å². The molecule has 66 valence electrons. The Labute approximate surface area is 68.9 Å². The van der Waals surface area contributed by atoms with Gasteiger partial charge in [0.15, 0.2) is 0 Å². The predicted molar refractivity (Wildman–Crippen MR) is 45.5 cm³/mol. The number of methoxy groups -OCH3 is 1. The molecule has 0 saturated heterocycles. The first-order chi connectivity index (χ1) is 5.08. The van der Waals surface area contributed by atoms with Gasteiger partial charge in [-0.25, -0.2) is 0 Å². The molecule has 2 heteroatoms. The minimum absolute atomic E-state index is 0.593. The molecule has 0 bridgehead atoms. The summed E-state index contributed by atoms with van der Waals surface area (Å²) in [5, 5.41) is 0. The van der Waals surface area contributed by atoms with Gasteiger partial charge in [-0.1, -0.05) is 13.8 Å². The maximum Gasteiger partial charge on any atom is 0.116 e. The van der Waals surface area contributed by atoms with Crippen molar-refractivity contribution < 1.29 is 9.53 Å². The first-order valence-corrected chi connectivity index (χ1v) is 3.97. The molecule has 1 aliphatic carbocycles. The van der Waals surface area contributed by atoms with E-state index < -0.39 is 0 Å². The van der Waals surface area contributed by atoms with Crippen molar-refractivity contribution in [3.63, 3.8) is 0 Å². The van der Waals surface area contributed by atoms with E-state index in [9.17, 15) is 0 Å². The summed E-state index contributed by atoms with van der Waals surface area (Å²) in [6.45, 7) is 6.97. The second-order valence-electron chi connectivity index (χ2n) is 3.58. The summed E-state index contributed by atoms with van der Waals surface area (Å²) in [5.41, 5.74) is 0.593. The molecular formula is C9H18O2. The van der Waals surface area contributed by atoms with Gasteiger partial charge in [0, 0.05) is 13.7 Å². The Kier molecular flexibility index (Phi) is 4.34. The molecule has 0 heterocycles. The lowest BCUT2D eigenvalue weighted by molar-refractivity contribution is -0.106. The lowest BCUT2D eigenvalue weighted by Gasteiger charge is -1.99. The Morgan fingerprint density at radius 1 is 1.64 bits per heavy atom. The van der Waals surface area contributed by atoms with Crippen molar-refractivity contribution in [2.45, 2.75) is 27.2 Å². The number of ether oxygens (including phenoxy) is 1. The fourth-order valence-electron chi connectivity index (χ4n) is 1.06. The Bertz CT molecular complexity index is 119. The van der Waals surface area contributed by atoms with Gasteiger partial charge in [0.25, 0.3) is 0 Å². The van der Waals surface area contributed by atoms with Gasteiger partial charge >= 0.3 is 0 Å². The number of aldehydes is 1. The molecule has 2 nitrogen and oxygen atoms in total. The molecule has 0 radical (unpaired) electrons. The van der Waals surface area contributed by atoms with Crippen molar-refractivity contribution in [3.8, 4) is 0 Å². The number of hydrogen-bond acceptors (Lipinski definition) is 2. The summed E-state index contributed by atoms with van der Waals surface area (Å²) < 4.78 is 5.00. The molecule has 1 atom stereocenters. The second kappa shape index (κ2) is 4.50. The smallest absolute Gasteiger partial charge is 0.116 e. The monoisotopic (exact) mass is 158 g/mol. The van der Waals surface area contributed by atoms with Crippen LogP contribution in [0.1, 0.15) is 27.2 Å². The van der Waals surface area contributed by atoms with Crippen LogP contribution >= 0.6 is 0 Å². The van der Waals surface area contributed by atoms with E-state index in [1.165, 1.54) is 13.3 Å². The number of hydrogen-bond donors (Lipinski definition) is 0. The Balaban J connectivity index is 0.000000292. The standard InChI is InChI=1S/C7H14O.C2H4O/c1-7(2)4-6(7)5-8-3;1-2-3/h6H,4-5H2,1-3H3;2H,1H3. The van der Waals surface area contributed by atoms with Crippen molar-refractivity contribution in [3.05, 3.63) is 0 Å². The van der Waals surface area contributed by atoms with E-state index in [4.69, 9.17) is 9.53 Å². The lowest BCUT2D eigenvalue weighted by Crippen LogP contribution is -1.97. The molecule has 1 saturated carbocycles. The summed E-state index contributed by atoms with van der Waals surface area (Å²) in [6, 6.07) is 0. The fraction of sp³-hybridized carbons (Fsp3) is 0.889. The average Bonchev–Trinajstić information content (AvgIpc) is 2.42. The molecule has 0 amide bonds. The van der Waals surface area contributed by atoms with Crippen molar-refractivity contribution in [1.29, 1.82) is 0 Å². The van der Waals surface area contributed by atoms with Crippen LogP contribution in [-0.4, -0.2) is 20.0 Å². The highest BCUT2D eigenvalue weighted by Crippen LogP contribution is 2.51. The summed E-state index contributed by atoms with van der Waals surface area (Å²) in [5.74, 6) is 0.840. The Morgan fingerprint density at radius 2 is 2.00 bits per heavy atom. The third kappa shape index (κ3) is 4.14. The molecule has 0 spiro atoms. The number of carbonyl (C=O) groups is 1. The van der Waals surface area contributed by atoms with E-state index in [2.05, 4.69) is 13.8 Å². The predicted octanol–water partition coefficient (Wildman–Crippen LogP) is 1.88. The minimum Gasteiger partial charge on any atom is -0.384 e. The maximum absolute atomic E-state index is 8.81. The van der Waals surface area contributed by atoms with Gasteiger partial charge < -0.3 is 9.53 Å². The van der Waals surface area contributed by atoms with Gasteiger partial charge in [-0.2, -0.15) is 0 Å². The summed E-state index contributed by atoms with van der Waals surface area (Å²) in [6.07, 6.45) is 2.10. The van der Waals surface area contributed by atoms with Gasteiger partial charge in [-0.05, 0) is 24.7 Å². The van der Waals surface area contributed by atoms with E-state index >= 15 is 0 Å². The van der Waals surface area contributed by atoms with Crippen molar-refractivity contribution in [2.75, 3.05) is 13.7 Å². The van der Waals surface area contributed by atoms with Gasteiger partial charge in [-0.3, -0.25) is 0 Å². The van der Waals surface area contributed by atoms with Crippen LogP contribution in [-0.2, 0) is 9.53 Å². The molecule has 11 heavy (non-hydrogen) atoms. The largest absolute Gasteiger partial charge is 0.384 e. The average molecular weight is 158 g/mol. The van der Waals surface area contributed by atoms with E-state index in [0.717, 1.165) is 18.8 Å². The zero-order chi connectivity index (χ0) is 8.91. The van der Waals surface area contributed by atoms with E-state index in [0.29, 0.717) is 5.41 Å². The topological polar surface area (TPSA) is 26.3 Å². The van der Waals surface area contributed by atoms with Gasteiger partial charge in [0.05, 0.1) is 0 Å². The third-order valence-electron chi connectivity index (χ3n) is 2.09. The van der Waals surface area contributed by atoms with Crippen LogP contribution in [0.3, 0.4) is 0 Å². The van der Waals surface area contributed by atoms with E-state index in [1.54, 1.807) is 7.11 Å². The van der Waals surface area contributed by atoms with Crippen LogP contribution in [0.25, 0.3) is 0 Å². The van der Waals surface area contributed by atoms with Crippen LogP contribution < -0.4 is 0 Å². The minimum atomic E-state index is 0.593. The molecular weight excluding hydrogens is 140 g/mol. The van der Waals surface area contributed by atoms with Crippen LogP contribution in [0.4, 0.5) is 0 Å². The van der Waals surface area contributed by atoms with E-state index in [1.807, 2.05) is 0 Å². The zero-order valence-corrected chi connectivity index (χ0v) is 7.89. The third-order valence-corrected chi connectivity index (χ3v) is 2.09. The molecule has 0 aromatic carbocycles. The SMILES string of the molecule is CC=O.COCC1CC1(C)C. The highest BCUT2D eigenvalue weighted by atomic mass is 16.5. The van der Waals surface area contributed by atoms with Gasteiger partial charge in [0.2, 0.25) is 0 Å². The molecule has 0 aromatic rings. The molecule has 1 aliphatic rings. The first-order valence-electron chi connectivity index (χ1n) is 3.97. The summed E-state index contributed by atoms with van der Waals surface area (Å²) >= 11 is 0. The molecule has 1 rings (SSSR count). The second-order valence-corrected chi connectivity index (χ2v) is 3.58. The normalized spacial score (nSPS) is 24.9. The molecule has 0 aromatic heterocycles. The Hall–Kier alpha value is -0.370. The Morgan fingerprint density at radius 3 is 2.09 bits per heavy atom. The van der Waals surface area contributed by atoms with Gasteiger partial charge in [-0.15, -0.1) is 0 Å². The highest BCUT2D eigenvalue weighted by Gasteiger charge is 2.45. The van der Waals surface area contributed by atoms with Crippen LogP contribution in [0, 0.1) is 11.3 Å². The van der Waals surface area contributed by atoms with Crippen LogP contribution in [0.2, 0.25) is 0 Å². The quantitative estimate of drug-likeness (QED) is 0.573. The molecule has 0 aliphatic heterocycles. The van der Waals surface area contributed by atoms with Crippen LogP contribution in [0.5, 0.6) is 0 Å². The van der Waals surface area contributed by atoms with E-state index in [-0.39, 0.29) is 0 Å². The van der Waals surface area contributed by atoms with Crippen LogP contribution in [0.15, 0.2) is 0 Å². The highest BCUT2D eigenvalue weighted by molar-refractivity contribution is 5.44. The summed E-state index contributed by atoms with van der Waals surface area (Å²) in [4.78, 5) is 8.81. The van der Waals surface area contributed by atoms with Crippen molar-refractivity contribution in [1.82, 2.24) is 0 Å². The first kappa shape index (κ1) is 10.6. The maximum atomic E-state index is 8.81. The zero-order valence-electron chi connectivity index (χ0n) is 7.89. The molecule has 0 N–H and O–H groups in total. The molecule has 1 unspecified atom stereocenters. The number of rotatable bonds is 2. The van der Waals surface area contributed by atoms with Crippen molar-refractivity contribution >= 4 is 6.29 Å². The lowest BCUT2D eigenvalue weighted by atomic mass is 10.1.